The number of aryl methyl sites for hydroxylation is 3. The number of urea groups is 1. The summed E-state index contributed by atoms with van der Waals surface area (Å²) in [6.45, 7) is 5.08. The summed E-state index contributed by atoms with van der Waals surface area (Å²) in [5.74, 6) is 0.724. The second-order valence-corrected chi connectivity index (χ2v) is 8.53. The highest BCUT2D eigenvalue weighted by Gasteiger charge is 2.19. The van der Waals surface area contributed by atoms with E-state index in [1.54, 1.807) is 6.92 Å². The number of imidazole rings is 1. The van der Waals surface area contributed by atoms with Crippen molar-refractivity contribution < 1.29 is 14.3 Å². The number of carbonyl (C=O) groups excluding carboxylic acids is 2. The molecule has 0 aliphatic carbocycles. The molecule has 2 N–H and O–H groups in total. The predicted molar refractivity (Wildman–Crippen MR) is 142 cm³/mol. The number of anilines is 1. The molecule has 4 aromatic rings. The van der Waals surface area contributed by atoms with Crippen LogP contribution in [0, 0.1) is 0 Å². The van der Waals surface area contributed by atoms with E-state index in [0.29, 0.717) is 12.3 Å². The molecule has 1 heterocycles. The van der Waals surface area contributed by atoms with Crippen LogP contribution in [0.2, 0.25) is 0 Å². The van der Waals surface area contributed by atoms with Gasteiger partial charge in [0, 0.05) is 18.7 Å². The monoisotopic (exact) mass is 484 g/mol. The highest BCUT2D eigenvalue weighted by Crippen LogP contribution is 2.20. The molecule has 7 nitrogen and oxygen atoms in total. The van der Waals surface area contributed by atoms with Crippen molar-refractivity contribution in [2.75, 3.05) is 11.9 Å². The van der Waals surface area contributed by atoms with E-state index in [1.165, 1.54) is 5.56 Å². The van der Waals surface area contributed by atoms with Crippen LogP contribution in [0.15, 0.2) is 78.9 Å². The maximum atomic E-state index is 12.7. The van der Waals surface area contributed by atoms with Gasteiger partial charge in [-0.3, -0.25) is 4.79 Å². The number of carbonyl (C=O) groups is 2. The van der Waals surface area contributed by atoms with Crippen molar-refractivity contribution in [1.82, 2.24) is 14.9 Å². The lowest BCUT2D eigenvalue weighted by atomic mass is 10.0. The van der Waals surface area contributed by atoms with E-state index in [2.05, 4.69) is 28.2 Å². The summed E-state index contributed by atoms with van der Waals surface area (Å²) < 4.78 is 7.34. The number of benzene rings is 3. The number of hydrogen-bond donors (Lipinski definition) is 2. The Morgan fingerprint density at radius 2 is 1.64 bits per heavy atom. The van der Waals surface area contributed by atoms with Crippen molar-refractivity contribution in [3.8, 4) is 0 Å². The quantitative estimate of drug-likeness (QED) is 0.285. The fraction of sp³-hybridized carbons (Fsp3) is 0.276. The Labute approximate surface area is 211 Å². The van der Waals surface area contributed by atoms with Gasteiger partial charge in [0.15, 0.2) is 0 Å². The van der Waals surface area contributed by atoms with Crippen LogP contribution >= 0.6 is 0 Å². The molecule has 3 aromatic carbocycles. The molecule has 0 saturated carbocycles. The van der Waals surface area contributed by atoms with E-state index in [4.69, 9.17) is 9.72 Å². The second kappa shape index (κ2) is 12.0. The molecule has 36 heavy (non-hydrogen) atoms. The molecule has 0 aliphatic rings. The smallest absolute Gasteiger partial charge is 0.319 e. The molecule has 186 valence electrons. The first-order valence-corrected chi connectivity index (χ1v) is 12.4. The first kappa shape index (κ1) is 25.0. The summed E-state index contributed by atoms with van der Waals surface area (Å²) in [6.07, 6.45) is 1.75. The summed E-state index contributed by atoms with van der Waals surface area (Å²) in [4.78, 5) is 29.6. The van der Waals surface area contributed by atoms with Gasteiger partial charge in [-0.05, 0) is 55.7 Å². The molecular weight excluding hydrogens is 452 g/mol. The Hall–Kier alpha value is -4.13. The van der Waals surface area contributed by atoms with Crippen molar-refractivity contribution in [1.29, 1.82) is 0 Å². The van der Waals surface area contributed by atoms with E-state index in [-0.39, 0.29) is 18.4 Å². The summed E-state index contributed by atoms with van der Waals surface area (Å²) >= 11 is 0. The van der Waals surface area contributed by atoms with E-state index in [1.807, 2.05) is 72.8 Å². The summed E-state index contributed by atoms with van der Waals surface area (Å²) in [5.41, 5.74) is 4.88. The Bertz CT molecular complexity index is 1300. The molecule has 0 bridgehead atoms. The highest BCUT2D eigenvalue weighted by atomic mass is 16.5. The molecule has 0 fully saturated rings. The lowest BCUT2D eigenvalue weighted by Gasteiger charge is -2.19. The maximum Gasteiger partial charge on any atom is 0.319 e. The average molecular weight is 485 g/mol. The van der Waals surface area contributed by atoms with Crippen molar-refractivity contribution in [2.45, 2.75) is 45.7 Å². The first-order chi connectivity index (χ1) is 17.6. The standard InChI is InChI=1S/C29H32N4O3/c1-3-33-26-13-9-8-12-24(26)31-27(33)19-16-21-14-17-23(18-15-21)30-29(35)32-25(20-28(34)36-4-2)22-10-6-5-7-11-22/h5-15,17-18,25H,3-4,16,19-20H2,1-2H3,(H2,30,32,35)/t25-/m1/s1. The minimum absolute atomic E-state index is 0.0622. The largest absolute Gasteiger partial charge is 0.466 e. The molecule has 2 amide bonds. The van der Waals surface area contributed by atoms with Crippen LogP contribution in [0.4, 0.5) is 10.5 Å². The molecule has 1 aromatic heterocycles. The van der Waals surface area contributed by atoms with Gasteiger partial charge in [-0.25, -0.2) is 9.78 Å². The molecule has 4 rings (SSSR count). The zero-order valence-corrected chi connectivity index (χ0v) is 20.7. The van der Waals surface area contributed by atoms with E-state index in [0.717, 1.165) is 41.8 Å². The third-order valence-corrected chi connectivity index (χ3v) is 6.08. The first-order valence-electron chi connectivity index (χ1n) is 12.4. The molecule has 0 unspecified atom stereocenters. The molecule has 0 spiro atoms. The third kappa shape index (κ3) is 6.30. The second-order valence-electron chi connectivity index (χ2n) is 8.53. The van der Waals surface area contributed by atoms with Crippen LogP contribution < -0.4 is 10.6 Å². The van der Waals surface area contributed by atoms with Crippen LogP contribution in [-0.4, -0.2) is 28.2 Å². The fourth-order valence-corrected chi connectivity index (χ4v) is 4.33. The van der Waals surface area contributed by atoms with Crippen LogP contribution in [-0.2, 0) is 28.9 Å². The SMILES string of the molecule is CCOC(=O)C[C@@H](NC(=O)Nc1ccc(CCc2nc3ccccc3n2CC)cc1)c1ccccc1. The fourth-order valence-electron chi connectivity index (χ4n) is 4.33. The number of para-hydroxylation sites is 2. The summed E-state index contributed by atoms with van der Waals surface area (Å²) in [5, 5.41) is 5.76. The average Bonchev–Trinajstić information content (AvgIpc) is 3.26. The normalized spacial score (nSPS) is 11.7. The number of ether oxygens (including phenoxy) is 1. The number of rotatable bonds is 10. The van der Waals surface area contributed by atoms with Crippen molar-refractivity contribution in [2.24, 2.45) is 0 Å². The van der Waals surface area contributed by atoms with Crippen molar-refractivity contribution in [3.05, 3.63) is 95.8 Å². The Morgan fingerprint density at radius 1 is 0.917 bits per heavy atom. The van der Waals surface area contributed by atoms with Crippen LogP contribution in [0.1, 0.15) is 43.3 Å². The van der Waals surface area contributed by atoms with Crippen LogP contribution in [0.25, 0.3) is 11.0 Å². The minimum Gasteiger partial charge on any atom is -0.466 e. The number of nitrogens with one attached hydrogen (secondary N) is 2. The maximum absolute atomic E-state index is 12.7. The van der Waals surface area contributed by atoms with Gasteiger partial charge in [0.1, 0.15) is 5.82 Å². The van der Waals surface area contributed by atoms with Gasteiger partial charge in [0.05, 0.1) is 30.1 Å². The number of esters is 1. The van der Waals surface area contributed by atoms with Gasteiger partial charge in [-0.2, -0.15) is 0 Å². The van der Waals surface area contributed by atoms with Gasteiger partial charge < -0.3 is 19.9 Å². The topological polar surface area (TPSA) is 85.2 Å². The lowest BCUT2D eigenvalue weighted by molar-refractivity contribution is -0.143. The number of hydrogen-bond acceptors (Lipinski definition) is 4. The van der Waals surface area contributed by atoms with Gasteiger partial charge in [0.2, 0.25) is 0 Å². The zero-order valence-electron chi connectivity index (χ0n) is 20.7. The number of aromatic nitrogens is 2. The summed E-state index contributed by atoms with van der Waals surface area (Å²) in [7, 11) is 0. The molecule has 0 saturated heterocycles. The van der Waals surface area contributed by atoms with E-state index in [9.17, 15) is 9.59 Å². The van der Waals surface area contributed by atoms with Crippen LogP contribution in [0.5, 0.6) is 0 Å². The molecular formula is C29H32N4O3. The predicted octanol–water partition coefficient (Wildman–Crippen LogP) is 5.66. The van der Waals surface area contributed by atoms with Crippen molar-refractivity contribution >= 4 is 28.7 Å². The number of nitrogens with zero attached hydrogens (tertiary/aromatic N) is 2. The van der Waals surface area contributed by atoms with Gasteiger partial charge in [-0.15, -0.1) is 0 Å². The Balaban J connectivity index is 1.36. The molecule has 1 atom stereocenters. The third-order valence-electron chi connectivity index (χ3n) is 6.08. The van der Waals surface area contributed by atoms with Gasteiger partial charge in [-0.1, -0.05) is 54.6 Å². The molecule has 0 radical (unpaired) electrons. The van der Waals surface area contributed by atoms with E-state index >= 15 is 0 Å². The Kier molecular flexibility index (Phi) is 8.34. The lowest BCUT2D eigenvalue weighted by Crippen LogP contribution is -2.34. The zero-order chi connectivity index (χ0) is 25.3. The van der Waals surface area contributed by atoms with E-state index < -0.39 is 6.04 Å². The minimum atomic E-state index is -0.484. The highest BCUT2D eigenvalue weighted by molar-refractivity contribution is 5.90. The number of fused-ring (bicyclic) bond motifs is 1. The number of amides is 2. The Morgan fingerprint density at radius 3 is 2.36 bits per heavy atom. The summed E-state index contributed by atoms with van der Waals surface area (Å²) in [6, 6.07) is 24.6. The van der Waals surface area contributed by atoms with Crippen LogP contribution in [0.3, 0.4) is 0 Å². The van der Waals surface area contributed by atoms with Gasteiger partial charge in [0.25, 0.3) is 0 Å². The van der Waals surface area contributed by atoms with Gasteiger partial charge >= 0.3 is 12.0 Å². The molecule has 0 aliphatic heterocycles. The molecule has 7 heteroatoms. The van der Waals surface area contributed by atoms with Crippen molar-refractivity contribution in [3.63, 3.8) is 0 Å².